The van der Waals surface area contributed by atoms with E-state index < -0.39 is 0 Å². The highest BCUT2D eigenvalue weighted by Gasteiger charge is 2.14. The van der Waals surface area contributed by atoms with Crippen molar-refractivity contribution in [2.75, 3.05) is 19.4 Å². The molecule has 0 fully saturated rings. The maximum absolute atomic E-state index is 5.62. The van der Waals surface area contributed by atoms with Gasteiger partial charge in [0, 0.05) is 11.8 Å². The lowest BCUT2D eigenvalue weighted by Gasteiger charge is -2.17. The minimum absolute atomic E-state index is 0.239. The number of nitrogens with one attached hydrogen (secondary N) is 1. The van der Waals surface area contributed by atoms with Gasteiger partial charge in [0.15, 0.2) is 0 Å². The van der Waals surface area contributed by atoms with Gasteiger partial charge in [0.05, 0.1) is 12.8 Å². The highest BCUT2D eigenvalue weighted by Crippen LogP contribution is 2.27. The van der Waals surface area contributed by atoms with E-state index in [2.05, 4.69) is 29.4 Å². The standard InChI is InChI=1S/C16H22N2O2S/c1-5-17-15(13-7-6-8-14(9-13)19-4)10-21-16-18-11(2)12(3)20-16/h6-9,15,17H,5,10H2,1-4H3. The third-order valence-electron chi connectivity index (χ3n) is 3.33. The van der Waals surface area contributed by atoms with E-state index in [1.165, 1.54) is 5.56 Å². The summed E-state index contributed by atoms with van der Waals surface area (Å²) in [6.45, 7) is 6.92. The third-order valence-corrected chi connectivity index (χ3v) is 4.25. The van der Waals surface area contributed by atoms with Gasteiger partial charge < -0.3 is 14.5 Å². The second-order valence-corrected chi connectivity index (χ2v) is 5.79. The maximum Gasteiger partial charge on any atom is 0.256 e. The molecule has 0 aliphatic heterocycles. The summed E-state index contributed by atoms with van der Waals surface area (Å²) in [5.41, 5.74) is 2.17. The molecule has 0 spiro atoms. The van der Waals surface area contributed by atoms with Crippen molar-refractivity contribution in [1.29, 1.82) is 0 Å². The number of aryl methyl sites for hydroxylation is 2. The van der Waals surface area contributed by atoms with Crippen LogP contribution in [0.25, 0.3) is 0 Å². The van der Waals surface area contributed by atoms with Crippen LogP contribution in [0, 0.1) is 13.8 Å². The van der Waals surface area contributed by atoms with Gasteiger partial charge >= 0.3 is 0 Å². The van der Waals surface area contributed by atoms with Gasteiger partial charge in [-0.2, -0.15) is 0 Å². The second-order valence-electron chi connectivity index (χ2n) is 4.82. The van der Waals surface area contributed by atoms with Gasteiger partial charge in [0.25, 0.3) is 5.22 Å². The fraction of sp³-hybridized carbons (Fsp3) is 0.438. The second kappa shape index (κ2) is 7.52. The molecule has 114 valence electrons. The zero-order valence-corrected chi connectivity index (χ0v) is 13.8. The van der Waals surface area contributed by atoms with Crippen LogP contribution in [0.2, 0.25) is 0 Å². The Labute approximate surface area is 130 Å². The Morgan fingerprint density at radius 1 is 1.38 bits per heavy atom. The van der Waals surface area contributed by atoms with Crippen LogP contribution >= 0.6 is 11.8 Å². The van der Waals surface area contributed by atoms with Crippen LogP contribution in [0.15, 0.2) is 33.9 Å². The molecular formula is C16H22N2O2S. The van der Waals surface area contributed by atoms with Crippen LogP contribution in [0.5, 0.6) is 5.75 Å². The minimum atomic E-state index is 0.239. The molecule has 0 saturated carbocycles. The lowest BCUT2D eigenvalue weighted by Crippen LogP contribution is -2.23. The molecule has 5 heteroatoms. The number of methoxy groups -OCH3 is 1. The van der Waals surface area contributed by atoms with E-state index in [0.717, 1.165) is 34.7 Å². The Hall–Kier alpha value is -1.46. The Morgan fingerprint density at radius 3 is 2.81 bits per heavy atom. The van der Waals surface area contributed by atoms with E-state index in [0.29, 0.717) is 0 Å². The molecular weight excluding hydrogens is 284 g/mol. The molecule has 0 saturated heterocycles. The van der Waals surface area contributed by atoms with Gasteiger partial charge in [-0.25, -0.2) is 4.98 Å². The average molecular weight is 306 g/mol. The molecule has 0 aliphatic carbocycles. The first kappa shape index (κ1) is 15.9. The summed E-state index contributed by atoms with van der Waals surface area (Å²) in [5, 5.41) is 4.23. The van der Waals surface area contributed by atoms with E-state index in [-0.39, 0.29) is 6.04 Å². The number of ether oxygens (including phenoxy) is 1. The molecule has 2 aromatic rings. The van der Waals surface area contributed by atoms with Crippen molar-refractivity contribution in [3.63, 3.8) is 0 Å². The Bertz CT molecular complexity index is 564. The summed E-state index contributed by atoms with van der Waals surface area (Å²) in [6.07, 6.45) is 0. The summed E-state index contributed by atoms with van der Waals surface area (Å²) < 4.78 is 10.9. The SMILES string of the molecule is CCNC(CSc1nc(C)c(C)o1)c1cccc(OC)c1. The molecule has 1 atom stereocenters. The van der Waals surface area contributed by atoms with E-state index in [9.17, 15) is 0 Å². The molecule has 1 heterocycles. The van der Waals surface area contributed by atoms with E-state index >= 15 is 0 Å². The van der Waals surface area contributed by atoms with Gasteiger partial charge in [-0.15, -0.1) is 0 Å². The number of thioether (sulfide) groups is 1. The first-order chi connectivity index (χ1) is 10.1. The summed E-state index contributed by atoms with van der Waals surface area (Å²) >= 11 is 1.63. The highest BCUT2D eigenvalue weighted by molar-refractivity contribution is 7.99. The Morgan fingerprint density at radius 2 is 2.19 bits per heavy atom. The quantitative estimate of drug-likeness (QED) is 0.790. The van der Waals surface area contributed by atoms with Gasteiger partial charge in [-0.1, -0.05) is 30.8 Å². The van der Waals surface area contributed by atoms with Gasteiger partial charge in [-0.3, -0.25) is 0 Å². The molecule has 0 bridgehead atoms. The van der Waals surface area contributed by atoms with Crippen LogP contribution in [0.3, 0.4) is 0 Å². The molecule has 1 N–H and O–H groups in total. The summed E-state index contributed by atoms with van der Waals surface area (Å²) in [4.78, 5) is 4.41. The maximum atomic E-state index is 5.62. The molecule has 1 aromatic carbocycles. The van der Waals surface area contributed by atoms with Crippen molar-refractivity contribution in [3.05, 3.63) is 41.3 Å². The number of aromatic nitrogens is 1. The van der Waals surface area contributed by atoms with Crippen molar-refractivity contribution < 1.29 is 9.15 Å². The minimum Gasteiger partial charge on any atom is -0.497 e. The Balaban J connectivity index is 2.07. The van der Waals surface area contributed by atoms with Gasteiger partial charge in [0.2, 0.25) is 0 Å². The molecule has 0 amide bonds. The van der Waals surface area contributed by atoms with Crippen LogP contribution in [-0.2, 0) is 0 Å². The summed E-state index contributed by atoms with van der Waals surface area (Å²) in [5.74, 6) is 2.63. The number of nitrogens with zero attached hydrogens (tertiary/aromatic N) is 1. The summed E-state index contributed by atoms with van der Waals surface area (Å²) in [7, 11) is 1.69. The normalized spacial score (nSPS) is 12.4. The lowest BCUT2D eigenvalue weighted by molar-refractivity contribution is 0.413. The fourth-order valence-corrected chi connectivity index (χ4v) is 3.04. The van der Waals surface area contributed by atoms with Crippen molar-refractivity contribution in [3.8, 4) is 5.75 Å². The zero-order valence-electron chi connectivity index (χ0n) is 13.0. The topological polar surface area (TPSA) is 47.3 Å². The number of hydrogen-bond donors (Lipinski definition) is 1. The smallest absolute Gasteiger partial charge is 0.256 e. The highest BCUT2D eigenvalue weighted by atomic mass is 32.2. The van der Waals surface area contributed by atoms with Gasteiger partial charge in [0.1, 0.15) is 11.5 Å². The van der Waals surface area contributed by atoms with Crippen molar-refractivity contribution in [2.45, 2.75) is 32.0 Å². The molecule has 21 heavy (non-hydrogen) atoms. The number of oxazole rings is 1. The zero-order chi connectivity index (χ0) is 15.2. The molecule has 1 aromatic heterocycles. The van der Waals surface area contributed by atoms with Crippen LogP contribution < -0.4 is 10.1 Å². The van der Waals surface area contributed by atoms with E-state index in [1.807, 2.05) is 26.0 Å². The van der Waals surface area contributed by atoms with Crippen molar-refractivity contribution in [2.24, 2.45) is 0 Å². The van der Waals surface area contributed by atoms with Crippen molar-refractivity contribution in [1.82, 2.24) is 10.3 Å². The third kappa shape index (κ3) is 4.25. The van der Waals surface area contributed by atoms with E-state index in [1.54, 1.807) is 18.9 Å². The largest absolute Gasteiger partial charge is 0.497 e. The molecule has 1 unspecified atom stereocenters. The lowest BCUT2D eigenvalue weighted by atomic mass is 10.1. The predicted octanol–water partition coefficient (Wildman–Crippen LogP) is 3.74. The number of benzene rings is 1. The van der Waals surface area contributed by atoms with E-state index in [4.69, 9.17) is 9.15 Å². The number of rotatable bonds is 7. The average Bonchev–Trinajstić information content (AvgIpc) is 2.82. The first-order valence-electron chi connectivity index (χ1n) is 7.08. The first-order valence-corrected chi connectivity index (χ1v) is 8.06. The Kier molecular flexibility index (Phi) is 5.70. The van der Waals surface area contributed by atoms with Crippen LogP contribution in [0.4, 0.5) is 0 Å². The predicted molar refractivity (Wildman–Crippen MR) is 86.1 cm³/mol. The molecule has 0 aliphatic rings. The molecule has 0 radical (unpaired) electrons. The van der Waals surface area contributed by atoms with Gasteiger partial charge in [-0.05, 0) is 38.1 Å². The monoisotopic (exact) mass is 306 g/mol. The number of hydrogen-bond acceptors (Lipinski definition) is 5. The van der Waals surface area contributed by atoms with Crippen molar-refractivity contribution >= 4 is 11.8 Å². The molecule has 4 nitrogen and oxygen atoms in total. The summed E-state index contributed by atoms with van der Waals surface area (Å²) in [6, 6.07) is 8.40. The molecule has 2 rings (SSSR count). The van der Waals surface area contributed by atoms with Crippen LogP contribution in [0.1, 0.15) is 30.0 Å². The fourth-order valence-electron chi connectivity index (χ4n) is 2.04. The van der Waals surface area contributed by atoms with Crippen LogP contribution in [-0.4, -0.2) is 24.4 Å².